The van der Waals surface area contributed by atoms with Gasteiger partial charge < -0.3 is 4.74 Å². The molecule has 1 unspecified atom stereocenters. The molecule has 0 saturated heterocycles. The third kappa shape index (κ3) is 2.10. The molecule has 0 bridgehead atoms. The molecule has 0 aromatic carbocycles. The van der Waals surface area contributed by atoms with Crippen LogP contribution in [0, 0.1) is 5.41 Å². The van der Waals surface area contributed by atoms with E-state index >= 15 is 0 Å². The fourth-order valence-electron chi connectivity index (χ4n) is 2.81. The molecule has 14 heavy (non-hydrogen) atoms. The molecule has 2 heteroatoms. The number of ether oxygens (including phenoxy) is 1. The molecule has 2 rings (SSSR count). The lowest BCUT2D eigenvalue weighted by Crippen LogP contribution is -2.13. The van der Waals surface area contributed by atoms with E-state index < -0.39 is 0 Å². The predicted molar refractivity (Wildman–Crippen MR) is 54.9 cm³/mol. The first-order chi connectivity index (χ1) is 6.73. The van der Waals surface area contributed by atoms with E-state index in [1.807, 2.05) is 0 Å². The molecule has 2 saturated carbocycles. The van der Waals surface area contributed by atoms with Crippen molar-refractivity contribution in [2.24, 2.45) is 5.41 Å². The number of hydrogen-bond donors (Lipinski definition) is 0. The Bertz CT molecular complexity index is 214. The van der Waals surface area contributed by atoms with Crippen LogP contribution >= 0.6 is 0 Å². The molecule has 2 aliphatic rings. The van der Waals surface area contributed by atoms with Gasteiger partial charge >= 0.3 is 5.97 Å². The van der Waals surface area contributed by atoms with Gasteiger partial charge in [0.15, 0.2) is 0 Å². The van der Waals surface area contributed by atoms with Crippen LogP contribution in [0.1, 0.15) is 58.3 Å². The van der Waals surface area contributed by atoms with Gasteiger partial charge in [0.1, 0.15) is 6.10 Å². The first-order valence-corrected chi connectivity index (χ1v) is 5.90. The van der Waals surface area contributed by atoms with Crippen LogP contribution in [-0.4, -0.2) is 12.1 Å². The zero-order valence-electron chi connectivity index (χ0n) is 9.05. The van der Waals surface area contributed by atoms with Crippen LogP contribution in [0.2, 0.25) is 0 Å². The minimum absolute atomic E-state index is 0.103. The highest BCUT2D eigenvalue weighted by atomic mass is 16.5. The van der Waals surface area contributed by atoms with Crippen molar-refractivity contribution in [3.63, 3.8) is 0 Å². The van der Waals surface area contributed by atoms with Crippen LogP contribution in [0.5, 0.6) is 0 Å². The Hall–Kier alpha value is -0.530. The number of carbonyl (C=O) groups is 1. The minimum atomic E-state index is -0.103. The van der Waals surface area contributed by atoms with E-state index in [-0.39, 0.29) is 12.1 Å². The SMILES string of the molecule is CC(=O)OC1CC12CCCCCCC2. The summed E-state index contributed by atoms with van der Waals surface area (Å²) in [7, 11) is 0. The largest absolute Gasteiger partial charge is 0.462 e. The average Bonchev–Trinajstić information content (AvgIpc) is 2.72. The van der Waals surface area contributed by atoms with E-state index in [0.29, 0.717) is 5.41 Å². The molecule has 80 valence electrons. The van der Waals surface area contributed by atoms with Gasteiger partial charge in [0.05, 0.1) is 0 Å². The lowest BCUT2D eigenvalue weighted by atomic mass is 9.88. The van der Waals surface area contributed by atoms with Crippen LogP contribution in [0.3, 0.4) is 0 Å². The Labute approximate surface area is 86.0 Å². The quantitative estimate of drug-likeness (QED) is 0.602. The van der Waals surface area contributed by atoms with Gasteiger partial charge in [-0.3, -0.25) is 4.79 Å². The number of esters is 1. The lowest BCUT2D eigenvalue weighted by molar-refractivity contribution is -0.143. The molecule has 0 aliphatic heterocycles. The zero-order valence-corrected chi connectivity index (χ0v) is 9.05. The van der Waals surface area contributed by atoms with E-state index in [2.05, 4.69) is 0 Å². The van der Waals surface area contributed by atoms with Crippen LogP contribution in [0.25, 0.3) is 0 Å². The summed E-state index contributed by atoms with van der Waals surface area (Å²) < 4.78 is 5.31. The topological polar surface area (TPSA) is 26.3 Å². The highest BCUT2D eigenvalue weighted by Gasteiger charge is 2.55. The molecule has 0 radical (unpaired) electrons. The highest BCUT2D eigenvalue weighted by Crippen LogP contribution is 2.56. The van der Waals surface area contributed by atoms with Crippen LogP contribution < -0.4 is 0 Å². The summed E-state index contributed by atoms with van der Waals surface area (Å²) in [5.74, 6) is -0.103. The maximum atomic E-state index is 10.9. The van der Waals surface area contributed by atoms with Gasteiger partial charge in [0, 0.05) is 12.3 Å². The fraction of sp³-hybridized carbons (Fsp3) is 0.917. The molecule has 0 heterocycles. The summed E-state index contributed by atoms with van der Waals surface area (Å²) in [6.45, 7) is 1.52. The van der Waals surface area contributed by atoms with Gasteiger partial charge in [0.25, 0.3) is 0 Å². The molecule has 0 N–H and O–H groups in total. The number of rotatable bonds is 1. The Morgan fingerprint density at radius 2 is 1.71 bits per heavy atom. The maximum Gasteiger partial charge on any atom is 0.302 e. The monoisotopic (exact) mass is 196 g/mol. The molecular formula is C12H20O2. The van der Waals surface area contributed by atoms with Crippen molar-refractivity contribution in [1.29, 1.82) is 0 Å². The predicted octanol–water partition coefficient (Wildman–Crippen LogP) is 3.05. The molecule has 2 aliphatic carbocycles. The minimum Gasteiger partial charge on any atom is -0.462 e. The lowest BCUT2D eigenvalue weighted by Gasteiger charge is -2.19. The standard InChI is InChI=1S/C12H20O2/c1-10(13)14-11-9-12(11)7-5-3-2-4-6-8-12/h11H,2-9H2,1H3. The molecule has 0 aromatic heterocycles. The smallest absolute Gasteiger partial charge is 0.302 e. The summed E-state index contributed by atoms with van der Waals surface area (Å²) in [4.78, 5) is 10.9. The Kier molecular flexibility index (Phi) is 2.80. The van der Waals surface area contributed by atoms with E-state index in [4.69, 9.17) is 4.74 Å². The molecule has 2 nitrogen and oxygen atoms in total. The van der Waals surface area contributed by atoms with Gasteiger partial charge in [-0.15, -0.1) is 0 Å². The van der Waals surface area contributed by atoms with Crippen molar-refractivity contribution in [2.75, 3.05) is 0 Å². The van der Waals surface area contributed by atoms with E-state index in [1.165, 1.54) is 51.9 Å². The number of hydrogen-bond acceptors (Lipinski definition) is 2. The number of carbonyl (C=O) groups excluding carboxylic acids is 1. The average molecular weight is 196 g/mol. The zero-order chi connectivity index (χ0) is 10.0. The Balaban J connectivity index is 1.86. The van der Waals surface area contributed by atoms with Crippen LogP contribution in [-0.2, 0) is 9.53 Å². The second-order valence-corrected chi connectivity index (χ2v) is 4.93. The second-order valence-electron chi connectivity index (χ2n) is 4.93. The summed E-state index contributed by atoms with van der Waals surface area (Å²) in [5, 5.41) is 0. The summed E-state index contributed by atoms with van der Waals surface area (Å²) in [5.41, 5.74) is 0.409. The molecule has 2 fully saturated rings. The van der Waals surface area contributed by atoms with Gasteiger partial charge in [-0.25, -0.2) is 0 Å². The summed E-state index contributed by atoms with van der Waals surface area (Å²) >= 11 is 0. The Morgan fingerprint density at radius 3 is 2.29 bits per heavy atom. The molecule has 1 atom stereocenters. The molecule has 0 aromatic rings. The maximum absolute atomic E-state index is 10.9. The van der Waals surface area contributed by atoms with Crippen molar-refractivity contribution in [2.45, 2.75) is 64.4 Å². The van der Waals surface area contributed by atoms with Crippen molar-refractivity contribution in [3.8, 4) is 0 Å². The van der Waals surface area contributed by atoms with Crippen molar-refractivity contribution in [1.82, 2.24) is 0 Å². The van der Waals surface area contributed by atoms with E-state index in [0.717, 1.165) is 6.42 Å². The van der Waals surface area contributed by atoms with Crippen molar-refractivity contribution in [3.05, 3.63) is 0 Å². The molecular weight excluding hydrogens is 176 g/mol. The third-order valence-corrected chi connectivity index (χ3v) is 3.77. The van der Waals surface area contributed by atoms with Crippen molar-refractivity contribution < 1.29 is 9.53 Å². The fourth-order valence-corrected chi connectivity index (χ4v) is 2.81. The third-order valence-electron chi connectivity index (χ3n) is 3.77. The normalized spacial score (nSPS) is 30.5. The van der Waals surface area contributed by atoms with Crippen LogP contribution in [0.15, 0.2) is 0 Å². The summed E-state index contributed by atoms with van der Waals surface area (Å²) in [6, 6.07) is 0. The van der Waals surface area contributed by atoms with Crippen LogP contribution in [0.4, 0.5) is 0 Å². The first kappa shape index (κ1) is 10.0. The molecule has 1 spiro atoms. The van der Waals surface area contributed by atoms with E-state index in [1.54, 1.807) is 0 Å². The van der Waals surface area contributed by atoms with Gasteiger partial charge in [0.2, 0.25) is 0 Å². The van der Waals surface area contributed by atoms with Gasteiger partial charge in [-0.05, 0) is 19.3 Å². The van der Waals surface area contributed by atoms with Gasteiger partial charge in [-0.1, -0.05) is 32.1 Å². The Morgan fingerprint density at radius 1 is 1.14 bits per heavy atom. The summed E-state index contributed by atoms with van der Waals surface area (Å²) in [6.07, 6.45) is 10.8. The molecule has 0 amide bonds. The first-order valence-electron chi connectivity index (χ1n) is 5.90. The van der Waals surface area contributed by atoms with E-state index in [9.17, 15) is 4.79 Å². The highest BCUT2D eigenvalue weighted by molar-refractivity contribution is 5.66. The van der Waals surface area contributed by atoms with Crippen molar-refractivity contribution >= 4 is 5.97 Å². The van der Waals surface area contributed by atoms with Gasteiger partial charge in [-0.2, -0.15) is 0 Å². The second kappa shape index (κ2) is 3.92.